The van der Waals surface area contributed by atoms with Crippen molar-refractivity contribution in [1.29, 1.82) is 0 Å². The fourth-order valence-corrected chi connectivity index (χ4v) is 2.45. The molecule has 5 nitrogen and oxygen atoms in total. The maximum absolute atomic E-state index is 4.70. The highest BCUT2D eigenvalue weighted by Gasteiger charge is 2.15. The average Bonchev–Trinajstić information content (AvgIpc) is 2.65. The predicted molar refractivity (Wildman–Crippen MR) is 83.1 cm³/mol. The van der Waals surface area contributed by atoms with E-state index in [1.54, 1.807) is 0 Å². The minimum absolute atomic E-state index is 0.864. The summed E-state index contributed by atoms with van der Waals surface area (Å²) in [6.07, 6.45) is 4.31. The van der Waals surface area contributed by atoms with Gasteiger partial charge in [-0.25, -0.2) is 9.97 Å². The maximum Gasteiger partial charge on any atom is 0.225 e. The Morgan fingerprint density at radius 3 is 2.85 bits per heavy atom. The molecule has 112 valence electrons. The van der Waals surface area contributed by atoms with Crippen LogP contribution in [-0.2, 0) is 6.54 Å². The quantitative estimate of drug-likeness (QED) is 0.825. The SMILES string of the molecule is CCCNCc1cnc(N2CCCN(C)CC2)nc1C. The van der Waals surface area contributed by atoms with E-state index in [1.165, 1.54) is 12.0 Å². The summed E-state index contributed by atoms with van der Waals surface area (Å²) in [6.45, 7) is 10.5. The van der Waals surface area contributed by atoms with E-state index in [0.29, 0.717) is 0 Å². The summed E-state index contributed by atoms with van der Waals surface area (Å²) >= 11 is 0. The number of likely N-dealkylation sites (N-methyl/N-ethyl adjacent to an activating group) is 1. The normalized spacial score (nSPS) is 17.2. The number of nitrogens with zero attached hydrogens (tertiary/aromatic N) is 4. The van der Waals surface area contributed by atoms with E-state index in [4.69, 9.17) is 4.98 Å². The summed E-state index contributed by atoms with van der Waals surface area (Å²) in [6, 6.07) is 0. The van der Waals surface area contributed by atoms with Crippen LogP contribution in [0.4, 0.5) is 5.95 Å². The van der Waals surface area contributed by atoms with Crippen molar-refractivity contribution in [2.24, 2.45) is 0 Å². The Morgan fingerprint density at radius 2 is 2.10 bits per heavy atom. The molecule has 0 radical (unpaired) electrons. The number of hydrogen-bond acceptors (Lipinski definition) is 5. The largest absolute Gasteiger partial charge is 0.339 e. The van der Waals surface area contributed by atoms with E-state index in [-0.39, 0.29) is 0 Å². The van der Waals surface area contributed by atoms with Crippen molar-refractivity contribution in [2.45, 2.75) is 33.2 Å². The molecule has 20 heavy (non-hydrogen) atoms. The molecule has 0 unspecified atom stereocenters. The summed E-state index contributed by atoms with van der Waals surface area (Å²) in [7, 11) is 2.18. The van der Waals surface area contributed by atoms with Crippen molar-refractivity contribution in [3.8, 4) is 0 Å². The van der Waals surface area contributed by atoms with Gasteiger partial charge in [0.2, 0.25) is 5.95 Å². The zero-order valence-electron chi connectivity index (χ0n) is 13.0. The monoisotopic (exact) mass is 277 g/mol. The van der Waals surface area contributed by atoms with Crippen LogP contribution in [-0.4, -0.2) is 54.6 Å². The van der Waals surface area contributed by atoms with Crippen molar-refractivity contribution in [1.82, 2.24) is 20.2 Å². The lowest BCUT2D eigenvalue weighted by Crippen LogP contribution is -2.30. The van der Waals surface area contributed by atoms with Gasteiger partial charge in [-0.1, -0.05) is 6.92 Å². The standard InChI is InChI=1S/C15H27N5/c1-4-6-16-11-14-12-17-15(18-13(14)2)20-8-5-7-19(3)9-10-20/h12,16H,4-11H2,1-3H3. The van der Waals surface area contributed by atoms with Gasteiger partial charge in [-0.05, 0) is 39.9 Å². The molecule has 0 amide bonds. The first-order valence-corrected chi connectivity index (χ1v) is 7.67. The predicted octanol–water partition coefficient (Wildman–Crippen LogP) is 1.43. The van der Waals surface area contributed by atoms with Crippen LogP contribution in [0.15, 0.2) is 6.20 Å². The molecule has 5 heteroatoms. The second kappa shape index (κ2) is 7.55. The van der Waals surface area contributed by atoms with Gasteiger partial charge in [-0.2, -0.15) is 0 Å². The first-order chi connectivity index (χ1) is 9.70. The molecule has 1 aliphatic heterocycles. The molecule has 0 aromatic carbocycles. The molecule has 1 N–H and O–H groups in total. The van der Waals surface area contributed by atoms with Crippen molar-refractivity contribution < 1.29 is 0 Å². The lowest BCUT2D eigenvalue weighted by Gasteiger charge is -2.21. The molecule has 0 atom stereocenters. The molecular weight excluding hydrogens is 250 g/mol. The van der Waals surface area contributed by atoms with E-state index in [1.807, 2.05) is 6.20 Å². The van der Waals surface area contributed by atoms with Crippen molar-refractivity contribution in [3.63, 3.8) is 0 Å². The zero-order chi connectivity index (χ0) is 14.4. The minimum atomic E-state index is 0.864. The highest BCUT2D eigenvalue weighted by Crippen LogP contribution is 2.13. The third kappa shape index (κ3) is 4.15. The summed E-state index contributed by atoms with van der Waals surface area (Å²) in [4.78, 5) is 13.9. The minimum Gasteiger partial charge on any atom is -0.339 e. The van der Waals surface area contributed by atoms with Gasteiger partial charge < -0.3 is 15.1 Å². The van der Waals surface area contributed by atoms with Crippen LogP contribution in [0.2, 0.25) is 0 Å². The van der Waals surface area contributed by atoms with E-state index < -0.39 is 0 Å². The van der Waals surface area contributed by atoms with E-state index in [2.05, 4.69) is 41.0 Å². The molecule has 0 saturated carbocycles. The third-order valence-corrected chi connectivity index (χ3v) is 3.81. The van der Waals surface area contributed by atoms with Crippen LogP contribution in [0.25, 0.3) is 0 Å². The molecule has 0 aliphatic carbocycles. The number of aryl methyl sites for hydroxylation is 1. The average molecular weight is 277 g/mol. The molecule has 2 heterocycles. The third-order valence-electron chi connectivity index (χ3n) is 3.81. The van der Waals surface area contributed by atoms with Gasteiger partial charge in [-0.3, -0.25) is 0 Å². The summed E-state index contributed by atoms with van der Waals surface area (Å²) in [5, 5.41) is 3.41. The smallest absolute Gasteiger partial charge is 0.225 e. The van der Waals surface area contributed by atoms with Crippen LogP contribution in [0, 0.1) is 6.92 Å². The second-order valence-electron chi connectivity index (χ2n) is 5.60. The zero-order valence-corrected chi connectivity index (χ0v) is 13.0. The van der Waals surface area contributed by atoms with E-state index in [9.17, 15) is 0 Å². The van der Waals surface area contributed by atoms with Gasteiger partial charge >= 0.3 is 0 Å². The topological polar surface area (TPSA) is 44.3 Å². The van der Waals surface area contributed by atoms with Gasteiger partial charge in [-0.15, -0.1) is 0 Å². The Hall–Kier alpha value is -1.20. The van der Waals surface area contributed by atoms with Crippen LogP contribution < -0.4 is 10.2 Å². The molecule has 0 spiro atoms. The summed E-state index contributed by atoms with van der Waals surface area (Å²) in [5.41, 5.74) is 2.30. The molecule has 2 rings (SSSR count). The molecule has 1 fully saturated rings. The molecule has 1 aliphatic rings. The molecule has 1 aromatic rings. The molecular formula is C15H27N5. The van der Waals surface area contributed by atoms with Gasteiger partial charge in [0.1, 0.15) is 0 Å². The fraction of sp³-hybridized carbons (Fsp3) is 0.733. The highest BCUT2D eigenvalue weighted by molar-refractivity contribution is 5.33. The first-order valence-electron chi connectivity index (χ1n) is 7.67. The summed E-state index contributed by atoms with van der Waals surface area (Å²) < 4.78 is 0. The van der Waals surface area contributed by atoms with Crippen molar-refractivity contribution in [2.75, 3.05) is 44.7 Å². The van der Waals surface area contributed by atoms with Crippen LogP contribution in [0.5, 0.6) is 0 Å². The highest BCUT2D eigenvalue weighted by atomic mass is 15.3. The first kappa shape index (κ1) is 15.2. The van der Waals surface area contributed by atoms with Gasteiger partial charge in [0.05, 0.1) is 0 Å². The lowest BCUT2D eigenvalue weighted by molar-refractivity contribution is 0.360. The Kier molecular flexibility index (Phi) is 5.73. The molecule has 0 bridgehead atoms. The number of anilines is 1. The molecule has 1 saturated heterocycles. The Labute approximate surface area is 122 Å². The van der Waals surface area contributed by atoms with E-state index >= 15 is 0 Å². The van der Waals surface area contributed by atoms with Gasteiger partial charge in [0, 0.05) is 43.6 Å². The number of nitrogens with one attached hydrogen (secondary N) is 1. The van der Waals surface area contributed by atoms with Crippen LogP contribution in [0.1, 0.15) is 31.0 Å². The summed E-state index contributed by atoms with van der Waals surface area (Å²) in [5.74, 6) is 0.886. The van der Waals surface area contributed by atoms with Crippen LogP contribution >= 0.6 is 0 Å². The fourth-order valence-electron chi connectivity index (χ4n) is 2.45. The number of aromatic nitrogens is 2. The number of hydrogen-bond donors (Lipinski definition) is 1. The van der Waals surface area contributed by atoms with Crippen LogP contribution in [0.3, 0.4) is 0 Å². The second-order valence-corrected chi connectivity index (χ2v) is 5.60. The van der Waals surface area contributed by atoms with Crippen molar-refractivity contribution >= 4 is 5.95 Å². The van der Waals surface area contributed by atoms with Gasteiger partial charge in [0.25, 0.3) is 0 Å². The van der Waals surface area contributed by atoms with E-state index in [0.717, 1.165) is 57.3 Å². The lowest BCUT2D eigenvalue weighted by atomic mass is 10.2. The van der Waals surface area contributed by atoms with Gasteiger partial charge in [0.15, 0.2) is 0 Å². The number of rotatable bonds is 5. The van der Waals surface area contributed by atoms with Crippen molar-refractivity contribution in [3.05, 3.63) is 17.5 Å². The Balaban J connectivity index is 2.00. The Bertz CT molecular complexity index is 421. The molecule has 1 aromatic heterocycles. The Morgan fingerprint density at radius 1 is 1.25 bits per heavy atom. The maximum atomic E-state index is 4.70.